The van der Waals surface area contributed by atoms with E-state index >= 15 is 0 Å². The van der Waals surface area contributed by atoms with E-state index in [0.29, 0.717) is 24.9 Å². The van der Waals surface area contributed by atoms with Gasteiger partial charge in [-0.25, -0.2) is 4.79 Å². The predicted octanol–water partition coefficient (Wildman–Crippen LogP) is -1.34. The van der Waals surface area contributed by atoms with Gasteiger partial charge in [0.25, 0.3) is 0 Å². The van der Waals surface area contributed by atoms with Crippen molar-refractivity contribution in [1.82, 2.24) is 16.0 Å². The first-order valence-corrected chi connectivity index (χ1v) is 12.6. The fourth-order valence-electron chi connectivity index (χ4n) is 3.60. The van der Waals surface area contributed by atoms with Crippen molar-refractivity contribution < 1.29 is 49.2 Å². The number of aliphatic carboxylic acids is 3. The number of rotatable bonds is 19. The van der Waals surface area contributed by atoms with E-state index in [1.165, 1.54) is 24.3 Å². The van der Waals surface area contributed by atoms with Gasteiger partial charge in [0, 0.05) is 19.3 Å². The van der Waals surface area contributed by atoms with E-state index in [1.54, 1.807) is 0 Å². The maximum atomic E-state index is 13.3. The second-order valence-electron chi connectivity index (χ2n) is 9.15. The Bertz CT molecular complexity index is 1030. The lowest BCUT2D eigenvalue weighted by atomic mass is 10.0. The summed E-state index contributed by atoms with van der Waals surface area (Å²) in [5.41, 5.74) is 11.7. The Hall–Kier alpha value is -4.24. The molecule has 4 atom stereocenters. The number of hydrogen-bond acceptors (Lipinski definition) is 9. The maximum absolute atomic E-state index is 13.3. The second kappa shape index (κ2) is 17.4. The summed E-state index contributed by atoms with van der Waals surface area (Å²) in [6.07, 6.45) is -0.650. The molecule has 1 rings (SSSR count). The number of nitrogens with two attached hydrogens (primary N) is 2. The van der Waals surface area contributed by atoms with Crippen LogP contribution in [0.3, 0.4) is 0 Å². The maximum Gasteiger partial charge on any atom is 0.326 e. The van der Waals surface area contributed by atoms with E-state index < -0.39 is 72.6 Å². The number of hydrogen-bond donors (Lipinski definition) is 9. The van der Waals surface area contributed by atoms with E-state index in [2.05, 4.69) is 16.0 Å². The summed E-state index contributed by atoms with van der Waals surface area (Å²) in [6, 6.07) is 0.312. The Labute approximate surface area is 230 Å². The van der Waals surface area contributed by atoms with Crippen molar-refractivity contribution in [2.24, 2.45) is 11.5 Å². The molecule has 222 valence electrons. The summed E-state index contributed by atoms with van der Waals surface area (Å²) < 4.78 is 0. The lowest BCUT2D eigenvalue weighted by molar-refractivity contribution is -0.143. The van der Waals surface area contributed by atoms with Crippen LogP contribution in [0, 0.1) is 0 Å². The molecule has 0 aliphatic carbocycles. The summed E-state index contributed by atoms with van der Waals surface area (Å²) in [5, 5.41) is 44.0. The van der Waals surface area contributed by atoms with Gasteiger partial charge in [-0.2, -0.15) is 0 Å². The molecule has 0 aliphatic rings. The number of amides is 3. The summed E-state index contributed by atoms with van der Waals surface area (Å²) in [4.78, 5) is 72.4. The number of nitrogens with one attached hydrogen (secondary N) is 3. The van der Waals surface area contributed by atoms with Gasteiger partial charge >= 0.3 is 17.9 Å². The van der Waals surface area contributed by atoms with Crippen LogP contribution >= 0.6 is 0 Å². The van der Waals surface area contributed by atoms with Crippen LogP contribution < -0.4 is 27.4 Å². The molecule has 3 amide bonds. The molecule has 40 heavy (non-hydrogen) atoms. The van der Waals surface area contributed by atoms with Crippen molar-refractivity contribution in [3.8, 4) is 5.75 Å². The van der Waals surface area contributed by atoms with E-state index in [-0.39, 0.29) is 31.4 Å². The van der Waals surface area contributed by atoms with Gasteiger partial charge < -0.3 is 47.8 Å². The standard InChI is InChI=1S/C25H37N5O10/c26-12-2-1-3-18(25(39)40)29-23(37)17(9-11-21(34)35)28-24(38)19(13-14-4-6-15(31)7-5-14)30-22(36)16(27)8-10-20(32)33/h4-7,16-19,31H,1-3,8-13,26-27H2,(H,28,38)(H,29,37)(H,30,36)(H,32,33)(H,34,35)(H,39,40)/t16-,17-,18-,19-/m0/s1. The highest BCUT2D eigenvalue weighted by Gasteiger charge is 2.31. The molecule has 11 N–H and O–H groups in total. The van der Waals surface area contributed by atoms with Gasteiger partial charge in [-0.3, -0.25) is 24.0 Å². The summed E-state index contributed by atoms with van der Waals surface area (Å²) >= 11 is 0. The molecule has 0 fully saturated rings. The highest BCUT2D eigenvalue weighted by atomic mass is 16.4. The number of aromatic hydroxyl groups is 1. The van der Waals surface area contributed by atoms with Crippen LogP contribution in [-0.2, 0) is 35.2 Å². The Kier molecular flexibility index (Phi) is 14.7. The van der Waals surface area contributed by atoms with Crippen molar-refractivity contribution >= 4 is 35.6 Å². The Morgan fingerprint density at radius 3 is 1.77 bits per heavy atom. The third-order valence-electron chi connectivity index (χ3n) is 5.86. The molecule has 0 aromatic heterocycles. The largest absolute Gasteiger partial charge is 0.508 e. The topological polar surface area (TPSA) is 271 Å². The molecule has 1 aromatic rings. The van der Waals surface area contributed by atoms with Crippen LogP contribution in [-0.4, -0.2) is 86.8 Å². The minimum Gasteiger partial charge on any atom is -0.508 e. The highest BCUT2D eigenvalue weighted by molar-refractivity contribution is 5.94. The molecule has 0 heterocycles. The zero-order valence-corrected chi connectivity index (χ0v) is 21.9. The first-order chi connectivity index (χ1) is 18.8. The van der Waals surface area contributed by atoms with Gasteiger partial charge in [0.2, 0.25) is 17.7 Å². The fraction of sp³-hybridized carbons (Fsp3) is 0.520. The zero-order valence-electron chi connectivity index (χ0n) is 21.9. The van der Waals surface area contributed by atoms with Crippen LogP contribution in [0.2, 0.25) is 0 Å². The molecule has 0 aliphatic heterocycles. The summed E-state index contributed by atoms with van der Waals surface area (Å²) in [6.45, 7) is 0.325. The van der Waals surface area contributed by atoms with Crippen molar-refractivity contribution in [2.45, 2.75) is 75.5 Å². The molecule has 15 nitrogen and oxygen atoms in total. The number of benzene rings is 1. The van der Waals surface area contributed by atoms with Gasteiger partial charge in [-0.1, -0.05) is 12.1 Å². The number of carboxylic acids is 3. The molecule has 15 heteroatoms. The molecule has 0 unspecified atom stereocenters. The normalized spacial score (nSPS) is 13.8. The summed E-state index contributed by atoms with van der Waals surface area (Å²) in [5.74, 6) is -6.46. The molecular weight excluding hydrogens is 530 g/mol. The molecule has 0 bridgehead atoms. The lowest BCUT2D eigenvalue weighted by Gasteiger charge is -2.25. The average molecular weight is 568 g/mol. The Balaban J connectivity index is 3.13. The lowest BCUT2D eigenvalue weighted by Crippen LogP contribution is -2.57. The van der Waals surface area contributed by atoms with Crippen molar-refractivity contribution in [2.75, 3.05) is 6.54 Å². The molecule has 0 saturated carbocycles. The number of carboxylic acid groups (broad SMARTS) is 3. The van der Waals surface area contributed by atoms with E-state index in [9.17, 15) is 39.0 Å². The number of unbranched alkanes of at least 4 members (excludes halogenated alkanes) is 1. The average Bonchev–Trinajstić information content (AvgIpc) is 2.89. The smallest absolute Gasteiger partial charge is 0.326 e. The molecule has 0 saturated heterocycles. The first-order valence-electron chi connectivity index (χ1n) is 12.6. The van der Waals surface area contributed by atoms with Gasteiger partial charge in [-0.15, -0.1) is 0 Å². The molecular formula is C25H37N5O10. The minimum absolute atomic E-state index is 0.0469. The number of phenols is 1. The predicted molar refractivity (Wildman–Crippen MR) is 140 cm³/mol. The number of carbonyl (C=O) groups is 6. The molecule has 0 spiro atoms. The minimum atomic E-state index is -1.46. The number of carbonyl (C=O) groups excluding carboxylic acids is 3. The van der Waals surface area contributed by atoms with Crippen molar-refractivity contribution in [3.63, 3.8) is 0 Å². The SMILES string of the molecule is NCCCC[C@H](NC(=O)[C@H](CCC(=O)O)NC(=O)[C@H](Cc1ccc(O)cc1)NC(=O)[C@@H](N)CCC(=O)O)C(=O)O. The van der Waals surface area contributed by atoms with Crippen molar-refractivity contribution in [1.29, 1.82) is 0 Å². The van der Waals surface area contributed by atoms with Gasteiger partial charge in [0.1, 0.15) is 23.9 Å². The third-order valence-corrected chi connectivity index (χ3v) is 5.86. The van der Waals surface area contributed by atoms with E-state index in [4.69, 9.17) is 21.7 Å². The Morgan fingerprint density at radius 1 is 0.700 bits per heavy atom. The fourth-order valence-corrected chi connectivity index (χ4v) is 3.60. The number of phenolic OH excluding ortho intramolecular Hbond substituents is 1. The van der Waals surface area contributed by atoms with E-state index in [1.807, 2.05) is 0 Å². The first kappa shape index (κ1) is 33.8. The van der Waals surface area contributed by atoms with Crippen LogP contribution in [0.25, 0.3) is 0 Å². The van der Waals surface area contributed by atoms with Crippen molar-refractivity contribution in [3.05, 3.63) is 29.8 Å². The molecule has 0 radical (unpaired) electrons. The highest BCUT2D eigenvalue weighted by Crippen LogP contribution is 2.12. The van der Waals surface area contributed by atoms with Crippen LogP contribution in [0.4, 0.5) is 0 Å². The van der Waals surface area contributed by atoms with Crippen LogP contribution in [0.1, 0.15) is 50.5 Å². The zero-order chi connectivity index (χ0) is 30.2. The monoisotopic (exact) mass is 567 g/mol. The van der Waals surface area contributed by atoms with E-state index in [0.717, 1.165) is 0 Å². The van der Waals surface area contributed by atoms with Gasteiger partial charge in [0.05, 0.1) is 6.04 Å². The second-order valence-corrected chi connectivity index (χ2v) is 9.15. The van der Waals surface area contributed by atoms with Crippen LogP contribution in [0.5, 0.6) is 5.75 Å². The third kappa shape index (κ3) is 13.0. The van der Waals surface area contributed by atoms with Crippen LogP contribution in [0.15, 0.2) is 24.3 Å². The summed E-state index contributed by atoms with van der Waals surface area (Å²) in [7, 11) is 0. The van der Waals surface area contributed by atoms with Gasteiger partial charge in [-0.05, 0) is 56.3 Å². The quantitative estimate of drug-likeness (QED) is 0.0879. The molecule has 1 aromatic carbocycles. The van der Waals surface area contributed by atoms with Gasteiger partial charge in [0.15, 0.2) is 0 Å². The Morgan fingerprint density at radius 2 is 1.23 bits per heavy atom.